The molecule has 1 N–H and O–H groups in total. The zero-order valence-electron chi connectivity index (χ0n) is 20.1. The minimum Gasteiger partial charge on any atom is -0.482 e. The van der Waals surface area contributed by atoms with E-state index in [0.29, 0.717) is 18.7 Å². The van der Waals surface area contributed by atoms with Crippen molar-refractivity contribution in [3.05, 3.63) is 58.2 Å². The molecule has 1 fully saturated rings. The van der Waals surface area contributed by atoms with Crippen LogP contribution >= 0.6 is 23.2 Å². The standard InChI is InChI=1S/C25H26Cl2FN5O3/c1-14(23-20(26)4-5-21(28)24(23)27)36-22-10-17(11-29-25(22)31-15(2)34)18-12-30-33(13-18)19-6-8-32(9-7-19)16(3)35/h4-5,10-14,19H,6-9H2,1-3H3,(H,29,31,34)/t14-/m1/s1. The smallest absolute Gasteiger partial charge is 0.222 e. The molecule has 0 spiro atoms. The van der Waals surface area contributed by atoms with E-state index in [9.17, 15) is 14.0 Å². The van der Waals surface area contributed by atoms with Gasteiger partial charge in [0.05, 0.1) is 17.3 Å². The molecule has 3 heterocycles. The van der Waals surface area contributed by atoms with Crippen LogP contribution in [0.4, 0.5) is 10.2 Å². The number of hydrogen-bond acceptors (Lipinski definition) is 5. The van der Waals surface area contributed by atoms with E-state index in [1.54, 1.807) is 32.3 Å². The Hall–Kier alpha value is -3.17. The molecule has 1 aliphatic rings. The fourth-order valence-corrected chi connectivity index (χ4v) is 4.93. The minimum atomic E-state index is -0.737. The van der Waals surface area contributed by atoms with Crippen LogP contribution in [0.15, 0.2) is 36.8 Å². The van der Waals surface area contributed by atoms with Crippen LogP contribution in [0.3, 0.4) is 0 Å². The van der Waals surface area contributed by atoms with Crippen LogP contribution in [0.2, 0.25) is 10.0 Å². The second kappa shape index (κ2) is 10.8. The molecular formula is C25H26Cl2FN5O3. The summed E-state index contributed by atoms with van der Waals surface area (Å²) in [7, 11) is 0. The highest BCUT2D eigenvalue weighted by molar-refractivity contribution is 6.36. The highest BCUT2D eigenvalue weighted by atomic mass is 35.5. The quantitative estimate of drug-likeness (QED) is 0.412. The van der Waals surface area contributed by atoms with Gasteiger partial charge in [-0.05, 0) is 38.0 Å². The first kappa shape index (κ1) is 25.9. The van der Waals surface area contributed by atoms with Gasteiger partial charge >= 0.3 is 0 Å². The van der Waals surface area contributed by atoms with Crippen molar-refractivity contribution in [2.45, 2.75) is 45.8 Å². The first-order valence-electron chi connectivity index (χ1n) is 11.5. The van der Waals surface area contributed by atoms with Crippen molar-refractivity contribution >= 4 is 40.8 Å². The summed E-state index contributed by atoms with van der Waals surface area (Å²) < 4.78 is 22.1. The molecule has 2 amide bonds. The topological polar surface area (TPSA) is 89.4 Å². The molecule has 0 saturated carbocycles. The Morgan fingerprint density at radius 1 is 1.17 bits per heavy atom. The van der Waals surface area contributed by atoms with Crippen LogP contribution in [-0.4, -0.2) is 44.6 Å². The fraction of sp³-hybridized carbons (Fsp3) is 0.360. The predicted molar refractivity (Wildman–Crippen MR) is 136 cm³/mol. The number of likely N-dealkylation sites (tertiary alicyclic amines) is 1. The Balaban J connectivity index is 1.60. The minimum absolute atomic E-state index is 0.0857. The van der Waals surface area contributed by atoms with Crippen LogP contribution in [-0.2, 0) is 9.59 Å². The van der Waals surface area contributed by atoms with Gasteiger partial charge in [0.15, 0.2) is 11.6 Å². The number of ether oxygens (including phenoxy) is 1. The van der Waals surface area contributed by atoms with Crippen molar-refractivity contribution in [2.24, 2.45) is 0 Å². The lowest BCUT2D eigenvalue weighted by Gasteiger charge is -2.31. The van der Waals surface area contributed by atoms with E-state index in [1.807, 2.05) is 15.8 Å². The Labute approximate surface area is 218 Å². The van der Waals surface area contributed by atoms with Crippen LogP contribution in [0.1, 0.15) is 51.3 Å². The molecule has 0 radical (unpaired) electrons. The highest BCUT2D eigenvalue weighted by Crippen LogP contribution is 2.38. The monoisotopic (exact) mass is 533 g/mol. The molecule has 190 valence electrons. The molecule has 0 unspecified atom stereocenters. The van der Waals surface area contributed by atoms with E-state index in [4.69, 9.17) is 27.9 Å². The van der Waals surface area contributed by atoms with Gasteiger partial charge in [-0.25, -0.2) is 9.37 Å². The summed E-state index contributed by atoms with van der Waals surface area (Å²) in [6, 6.07) is 4.52. The molecule has 11 heteroatoms. The van der Waals surface area contributed by atoms with E-state index in [1.165, 1.54) is 19.1 Å². The molecule has 3 aromatic rings. The lowest BCUT2D eigenvalue weighted by Crippen LogP contribution is -2.37. The molecule has 36 heavy (non-hydrogen) atoms. The zero-order valence-corrected chi connectivity index (χ0v) is 21.6. The average Bonchev–Trinajstić information content (AvgIpc) is 3.33. The van der Waals surface area contributed by atoms with Gasteiger partial charge in [0.2, 0.25) is 11.8 Å². The predicted octanol–water partition coefficient (Wildman–Crippen LogP) is 5.67. The molecule has 0 aliphatic carbocycles. The zero-order chi connectivity index (χ0) is 26.0. The molecule has 1 saturated heterocycles. The lowest BCUT2D eigenvalue weighted by molar-refractivity contribution is -0.130. The summed E-state index contributed by atoms with van der Waals surface area (Å²) in [4.78, 5) is 29.6. The van der Waals surface area contributed by atoms with Gasteiger partial charge < -0.3 is 15.0 Å². The van der Waals surface area contributed by atoms with Crippen LogP contribution in [0.5, 0.6) is 5.75 Å². The van der Waals surface area contributed by atoms with Crippen molar-refractivity contribution in [3.8, 4) is 16.9 Å². The molecule has 1 aliphatic heterocycles. The van der Waals surface area contributed by atoms with Crippen LogP contribution in [0, 0.1) is 5.82 Å². The maximum atomic E-state index is 14.1. The molecule has 1 atom stereocenters. The van der Waals surface area contributed by atoms with Gasteiger partial charge in [0.25, 0.3) is 0 Å². The number of carbonyl (C=O) groups excluding carboxylic acids is 2. The van der Waals surface area contributed by atoms with Gasteiger partial charge in [-0.3, -0.25) is 14.3 Å². The number of anilines is 1. The highest BCUT2D eigenvalue weighted by Gasteiger charge is 2.24. The Bertz CT molecular complexity index is 1290. The first-order valence-corrected chi connectivity index (χ1v) is 12.3. The number of hydrogen-bond donors (Lipinski definition) is 1. The number of amides is 2. The van der Waals surface area contributed by atoms with Crippen molar-refractivity contribution in [2.75, 3.05) is 18.4 Å². The SMILES string of the molecule is CC(=O)Nc1ncc(-c2cnn(C3CCN(C(C)=O)CC3)c2)cc1O[C@H](C)c1c(Cl)ccc(F)c1Cl. The summed E-state index contributed by atoms with van der Waals surface area (Å²) in [6.07, 6.45) is 6.18. The van der Waals surface area contributed by atoms with Crippen molar-refractivity contribution in [3.63, 3.8) is 0 Å². The molecular weight excluding hydrogens is 508 g/mol. The number of halogens is 3. The van der Waals surface area contributed by atoms with Gasteiger partial charge in [-0.2, -0.15) is 5.10 Å². The van der Waals surface area contributed by atoms with E-state index in [0.717, 1.165) is 24.0 Å². The second-order valence-electron chi connectivity index (χ2n) is 8.72. The largest absolute Gasteiger partial charge is 0.482 e. The summed E-state index contributed by atoms with van der Waals surface area (Å²) in [5, 5.41) is 7.31. The fourth-order valence-electron chi connectivity index (χ4n) is 4.25. The molecule has 8 nitrogen and oxygen atoms in total. The Kier molecular flexibility index (Phi) is 7.80. The third kappa shape index (κ3) is 5.63. The summed E-state index contributed by atoms with van der Waals surface area (Å²) in [5.74, 6) is -0.358. The summed E-state index contributed by atoms with van der Waals surface area (Å²) in [5.41, 5.74) is 1.82. The van der Waals surface area contributed by atoms with Crippen molar-refractivity contribution in [1.82, 2.24) is 19.7 Å². The maximum Gasteiger partial charge on any atom is 0.222 e. The van der Waals surface area contributed by atoms with E-state index in [-0.39, 0.29) is 39.5 Å². The number of nitrogens with zero attached hydrogens (tertiary/aromatic N) is 4. The molecule has 1 aromatic carbocycles. The van der Waals surface area contributed by atoms with Crippen LogP contribution in [0.25, 0.3) is 11.1 Å². The first-order chi connectivity index (χ1) is 17.1. The molecule has 4 rings (SSSR count). The third-order valence-corrected chi connectivity index (χ3v) is 6.87. The number of carbonyl (C=O) groups is 2. The number of pyridine rings is 1. The van der Waals surface area contributed by atoms with Crippen molar-refractivity contribution in [1.29, 1.82) is 0 Å². The van der Waals surface area contributed by atoms with E-state index in [2.05, 4.69) is 15.4 Å². The molecule has 0 bridgehead atoms. The lowest BCUT2D eigenvalue weighted by atomic mass is 10.1. The van der Waals surface area contributed by atoms with Gasteiger partial charge in [0.1, 0.15) is 11.9 Å². The Morgan fingerprint density at radius 2 is 1.89 bits per heavy atom. The van der Waals surface area contributed by atoms with Gasteiger partial charge in [0, 0.05) is 61.0 Å². The van der Waals surface area contributed by atoms with Gasteiger partial charge in [-0.1, -0.05) is 23.2 Å². The number of piperidine rings is 1. The number of benzene rings is 1. The Morgan fingerprint density at radius 3 is 2.56 bits per heavy atom. The summed E-state index contributed by atoms with van der Waals surface area (Å²) in [6.45, 7) is 6.03. The second-order valence-corrected chi connectivity index (χ2v) is 9.50. The maximum absolute atomic E-state index is 14.1. The normalized spacial score (nSPS) is 15.0. The van der Waals surface area contributed by atoms with Crippen LogP contribution < -0.4 is 10.1 Å². The number of aromatic nitrogens is 3. The number of nitrogens with one attached hydrogen (secondary N) is 1. The van der Waals surface area contributed by atoms with Gasteiger partial charge in [-0.15, -0.1) is 0 Å². The number of rotatable bonds is 6. The third-order valence-electron chi connectivity index (χ3n) is 6.16. The molecule has 2 aromatic heterocycles. The summed E-state index contributed by atoms with van der Waals surface area (Å²) >= 11 is 12.4. The van der Waals surface area contributed by atoms with E-state index < -0.39 is 11.9 Å². The van der Waals surface area contributed by atoms with E-state index >= 15 is 0 Å². The van der Waals surface area contributed by atoms with Crippen molar-refractivity contribution < 1.29 is 18.7 Å². The average molecular weight is 534 g/mol.